The predicted molar refractivity (Wildman–Crippen MR) is 85.8 cm³/mol. The molecule has 2 N–H and O–H groups in total. The first-order valence-electron chi connectivity index (χ1n) is 7.72. The number of nitrogen functional groups attached to an aromatic ring is 1. The molecule has 0 unspecified atom stereocenters. The summed E-state index contributed by atoms with van der Waals surface area (Å²) in [7, 11) is 1.80. The van der Waals surface area contributed by atoms with Gasteiger partial charge in [0.1, 0.15) is 5.82 Å². The maximum atomic E-state index is 12.5. The van der Waals surface area contributed by atoms with E-state index in [0.29, 0.717) is 31.1 Å². The predicted octanol–water partition coefficient (Wildman–Crippen LogP) is 0.871. The molecule has 7 nitrogen and oxygen atoms in total. The summed E-state index contributed by atoms with van der Waals surface area (Å²) in [4.78, 5) is 18.3. The molecule has 2 aromatic heterocycles. The van der Waals surface area contributed by atoms with Crippen molar-refractivity contribution in [2.24, 2.45) is 7.05 Å². The zero-order chi connectivity index (χ0) is 16.2. The maximum absolute atomic E-state index is 12.5. The molecule has 0 radical (unpaired) electrons. The molecule has 2 aromatic rings. The molecule has 122 valence electrons. The van der Waals surface area contributed by atoms with Crippen LogP contribution in [-0.4, -0.2) is 51.4 Å². The fourth-order valence-corrected chi connectivity index (χ4v) is 2.77. The molecule has 1 saturated heterocycles. The number of pyridine rings is 1. The monoisotopic (exact) mass is 315 g/mol. The highest BCUT2D eigenvalue weighted by Crippen LogP contribution is 2.15. The maximum Gasteiger partial charge on any atom is 0.257 e. The standard InChI is InChI=1S/C16H21N5O2/c1-20-10-13(9-19-20)16(22)21-6-7-23-14(11-21)3-2-12-4-5-18-15(17)8-12/h4-5,8-10,14H,2-3,6-7,11H2,1H3,(H2,17,18)/t14-/m1/s1. The second-order valence-corrected chi connectivity index (χ2v) is 5.77. The number of anilines is 1. The van der Waals surface area contributed by atoms with E-state index in [9.17, 15) is 4.79 Å². The van der Waals surface area contributed by atoms with Crippen molar-refractivity contribution in [3.63, 3.8) is 0 Å². The van der Waals surface area contributed by atoms with Crippen LogP contribution < -0.4 is 5.73 Å². The number of carbonyl (C=O) groups is 1. The van der Waals surface area contributed by atoms with Gasteiger partial charge in [0.15, 0.2) is 0 Å². The lowest BCUT2D eigenvalue weighted by atomic mass is 10.1. The highest BCUT2D eigenvalue weighted by Gasteiger charge is 2.25. The number of ether oxygens (including phenoxy) is 1. The van der Waals surface area contributed by atoms with Crippen LogP contribution >= 0.6 is 0 Å². The van der Waals surface area contributed by atoms with E-state index in [-0.39, 0.29) is 12.0 Å². The summed E-state index contributed by atoms with van der Waals surface area (Å²) in [5, 5.41) is 4.06. The number of nitrogens with zero attached hydrogens (tertiary/aromatic N) is 4. The van der Waals surface area contributed by atoms with Crippen molar-refractivity contribution in [2.45, 2.75) is 18.9 Å². The number of hydrogen-bond donors (Lipinski definition) is 1. The second-order valence-electron chi connectivity index (χ2n) is 5.77. The topological polar surface area (TPSA) is 86.3 Å². The number of aromatic nitrogens is 3. The van der Waals surface area contributed by atoms with Gasteiger partial charge in [0.2, 0.25) is 0 Å². The first-order chi connectivity index (χ1) is 11.1. The molecule has 0 bridgehead atoms. The van der Waals surface area contributed by atoms with Crippen LogP contribution in [0.3, 0.4) is 0 Å². The Kier molecular flexibility index (Phi) is 4.57. The zero-order valence-electron chi connectivity index (χ0n) is 13.2. The molecule has 1 aliphatic heterocycles. The van der Waals surface area contributed by atoms with E-state index in [1.807, 2.05) is 17.0 Å². The fourth-order valence-electron chi connectivity index (χ4n) is 2.77. The molecule has 0 aromatic carbocycles. The summed E-state index contributed by atoms with van der Waals surface area (Å²) in [5.74, 6) is 0.542. The van der Waals surface area contributed by atoms with Crippen LogP contribution in [0.2, 0.25) is 0 Å². The van der Waals surface area contributed by atoms with E-state index in [0.717, 1.165) is 18.4 Å². The van der Waals surface area contributed by atoms with Crippen LogP contribution in [0.4, 0.5) is 5.82 Å². The highest BCUT2D eigenvalue weighted by atomic mass is 16.5. The summed E-state index contributed by atoms with van der Waals surface area (Å²) in [6.07, 6.45) is 6.80. The van der Waals surface area contributed by atoms with Gasteiger partial charge in [0.25, 0.3) is 5.91 Å². The minimum Gasteiger partial charge on any atom is -0.384 e. The van der Waals surface area contributed by atoms with Crippen molar-refractivity contribution < 1.29 is 9.53 Å². The Hall–Kier alpha value is -2.41. The second kappa shape index (κ2) is 6.78. The van der Waals surface area contributed by atoms with Crippen molar-refractivity contribution in [1.29, 1.82) is 0 Å². The van der Waals surface area contributed by atoms with Crippen molar-refractivity contribution >= 4 is 11.7 Å². The molecule has 1 atom stereocenters. The molecule has 0 saturated carbocycles. The Bertz CT molecular complexity index is 685. The third kappa shape index (κ3) is 3.87. The van der Waals surface area contributed by atoms with Gasteiger partial charge in [-0.1, -0.05) is 0 Å². The Morgan fingerprint density at radius 3 is 3.13 bits per heavy atom. The molecule has 1 fully saturated rings. The first-order valence-corrected chi connectivity index (χ1v) is 7.72. The average molecular weight is 315 g/mol. The lowest BCUT2D eigenvalue weighted by molar-refractivity contribution is -0.0246. The minimum atomic E-state index is 0.0135. The third-order valence-corrected chi connectivity index (χ3v) is 3.98. The Labute approximate surface area is 135 Å². The summed E-state index contributed by atoms with van der Waals surface area (Å²) < 4.78 is 7.43. The summed E-state index contributed by atoms with van der Waals surface area (Å²) in [6, 6.07) is 3.83. The van der Waals surface area contributed by atoms with Gasteiger partial charge in [-0.2, -0.15) is 5.10 Å². The smallest absolute Gasteiger partial charge is 0.257 e. The first kappa shape index (κ1) is 15.5. The van der Waals surface area contributed by atoms with Gasteiger partial charge >= 0.3 is 0 Å². The van der Waals surface area contributed by atoms with E-state index in [2.05, 4.69) is 10.1 Å². The number of nitrogens with two attached hydrogens (primary N) is 1. The third-order valence-electron chi connectivity index (χ3n) is 3.98. The fraction of sp³-hybridized carbons (Fsp3) is 0.438. The van der Waals surface area contributed by atoms with E-state index in [4.69, 9.17) is 10.5 Å². The molecule has 3 rings (SSSR count). The van der Waals surface area contributed by atoms with E-state index < -0.39 is 0 Å². The van der Waals surface area contributed by atoms with Crippen molar-refractivity contribution in [3.8, 4) is 0 Å². The Morgan fingerprint density at radius 1 is 1.52 bits per heavy atom. The number of rotatable bonds is 4. The van der Waals surface area contributed by atoms with Gasteiger partial charge in [0, 0.05) is 32.5 Å². The molecule has 3 heterocycles. The number of aryl methyl sites for hydroxylation is 2. The van der Waals surface area contributed by atoms with Gasteiger partial charge in [0.05, 0.1) is 24.5 Å². The van der Waals surface area contributed by atoms with E-state index >= 15 is 0 Å². The summed E-state index contributed by atoms with van der Waals surface area (Å²) in [6.45, 7) is 1.79. The van der Waals surface area contributed by atoms with Crippen molar-refractivity contribution in [3.05, 3.63) is 41.9 Å². The zero-order valence-corrected chi connectivity index (χ0v) is 13.2. The van der Waals surface area contributed by atoms with Crippen LogP contribution in [0.15, 0.2) is 30.7 Å². The van der Waals surface area contributed by atoms with E-state index in [1.165, 1.54) is 0 Å². The van der Waals surface area contributed by atoms with Crippen LogP contribution in [0.25, 0.3) is 0 Å². The van der Waals surface area contributed by atoms with Crippen LogP contribution in [0, 0.1) is 0 Å². The number of carbonyl (C=O) groups excluding carboxylic acids is 1. The molecular formula is C16H21N5O2. The van der Waals surface area contributed by atoms with Gasteiger partial charge in [-0.25, -0.2) is 4.98 Å². The average Bonchev–Trinajstić information content (AvgIpc) is 2.99. The van der Waals surface area contributed by atoms with Gasteiger partial charge in [-0.05, 0) is 30.5 Å². The molecule has 7 heteroatoms. The lowest BCUT2D eigenvalue weighted by Gasteiger charge is -2.32. The highest BCUT2D eigenvalue weighted by molar-refractivity contribution is 5.93. The molecule has 23 heavy (non-hydrogen) atoms. The van der Waals surface area contributed by atoms with Gasteiger partial charge in [-0.15, -0.1) is 0 Å². The number of amides is 1. The molecule has 1 amide bonds. The lowest BCUT2D eigenvalue weighted by Crippen LogP contribution is -2.45. The normalized spacial score (nSPS) is 18.1. The van der Waals surface area contributed by atoms with Crippen LogP contribution in [0.5, 0.6) is 0 Å². The van der Waals surface area contributed by atoms with Gasteiger partial charge in [-0.3, -0.25) is 9.48 Å². The minimum absolute atomic E-state index is 0.0135. The molecule has 1 aliphatic rings. The quantitative estimate of drug-likeness (QED) is 0.905. The van der Waals surface area contributed by atoms with E-state index in [1.54, 1.807) is 30.3 Å². The van der Waals surface area contributed by atoms with Gasteiger partial charge < -0.3 is 15.4 Å². The number of hydrogen-bond acceptors (Lipinski definition) is 5. The van der Waals surface area contributed by atoms with Crippen LogP contribution in [-0.2, 0) is 18.2 Å². The Morgan fingerprint density at radius 2 is 2.39 bits per heavy atom. The largest absolute Gasteiger partial charge is 0.384 e. The molecule has 0 aliphatic carbocycles. The molecule has 0 spiro atoms. The van der Waals surface area contributed by atoms with Crippen molar-refractivity contribution in [1.82, 2.24) is 19.7 Å². The summed E-state index contributed by atoms with van der Waals surface area (Å²) in [5.41, 5.74) is 7.45. The SMILES string of the molecule is Cn1cc(C(=O)N2CCO[C@H](CCc3ccnc(N)c3)C2)cn1. The summed E-state index contributed by atoms with van der Waals surface area (Å²) >= 11 is 0. The van der Waals surface area contributed by atoms with Crippen molar-refractivity contribution in [2.75, 3.05) is 25.4 Å². The van der Waals surface area contributed by atoms with Crippen LogP contribution in [0.1, 0.15) is 22.3 Å². The Balaban J connectivity index is 1.56. The molecular weight excluding hydrogens is 294 g/mol. The number of morpholine rings is 1.